The lowest BCUT2D eigenvalue weighted by atomic mass is 10.1. The van der Waals surface area contributed by atoms with Gasteiger partial charge in [0, 0.05) is 17.5 Å². The highest BCUT2D eigenvalue weighted by Gasteiger charge is 2.23. The summed E-state index contributed by atoms with van der Waals surface area (Å²) in [5, 5.41) is 12.6. The van der Waals surface area contributed by atoms with Crippen LogP contribution in [0, 0.1) is 5.82 Å². The van der Waals surface area contributed by atoms with Crippen LogP contribution in [0.25, 0.3) is 9.88 Å². The second-order valence-corrected chi connectivity index (χ2v) is 9.33. The Bertz CT molecular complexity index is 1480. The third-order valence-corrected chi connectivity index (χ3v) is 6.74. The van der Waals surface area contributed by atoms with Crippen molar-refractivity contribution in [2.24, 2.45) is 0 Å². The monoisotopic (exact) mass is 520 g/mol. The predicted octanol–water partition coefficient (Wildman–Crippen LogP) is 2.34. The number of halogens is 2. The average molecular weight is 521 g/mol. The number of benzene rings is 1. The van der Waals surface area contributed by atoms with Crippen LogP contribution in [0.5, 0.6) is 0 Å². The van der Waals surface area contributed by atoms with E-state index < -0.39 is 40.6 Å². The van der Waals surface area contributed by atoms with Gasteiger partial charge < -0.3 is 10.6 Å². The Morgan fingerprint density at radius 2 is 1.94 bits per heavy atom. The number of nitrogens with one attached hydrogen (secondary N) is 4. The smallest absolute Gasteiger partial charge is 0.342 e. The van der Waals surface area contributed by atoms with Crippen molar-refractivity contribution in [3.05, 3.63) is 89.7 Å². The number of nitrogens with zero attached hydrogens (tertiary/aromatic N) is 2. The molecule has 0 saturated heterocycles. The molecule has 4 N–H and O–H groups in total. The first kappa shape index (κ1) is 23.5. The second-order valence-electron chi connectivity index (χ2n) is 6.75. The van der Waals surface area contributed by atoms with E-state index >= 15 is 0 Å². The number of rotatable bonds is 7. The summed E-state index contributed by atoms with van der Waals surface area (Å²) in [6, 6.07) is 8.25. The van der Waals surface area contributed by atoms with Crippen LogP contribution < -0.4 is 21.9 Å². The van der Waals surface area contributed by atoms with Crippen molar-refractivity contribution in [1.82, 2.24) is 30.8 Å². The molecule has 1 aromatic carbocycles. The van der Waals surface area contributed by atoms with Gasteiger partial charge >= 0.3 is 5.69 Å². The van der Waals surface area contributed by atoms with Gasteiger partial charge in [0.15, 0.2) is 0 Å². The lowest BCUT2D eigenvalue weighted by Gasteiger charge is -2.19. The van der Waals surface area contributed by atoms with E-state index in [1.165, 1.54) is 40.9 Å². The SMILES string of the molecule is O=C(NC(CNC(=O)c1n[nH]c(=O)[nH]c1=O)c1ccccc1F)c1csc(-c2ccc(Cl)s2)n1. The number of aromatic amines is 2. The molecule has 2 amide bonds. The van der Waals surface area contributed by atoms with Crippen molar-refractivity contribution in [2.45, 2.75) is 6.04 Å². The van der Waals surface area contributed by atoms with Gasteiger partial charge in [0.25, 0.3) is 17.4 Å². The molecule has 3 heterocycles. The fourth-order valence-electron chi connectivity index (χ4n) is 2.93. The lowest BCUT2D eigenvalue weighted by molar-refractivity contribution is 0.0902. The Kier molecular flexibility index (Phi) is 6.95. The number of hydrogen-bond acceptors (Lipinski definition) is 8. The molecule has 1 unspecified atom stereocenters. The molecule has 3 aromatic heterocycles. The van der Waals surface area contributed by atoms with E-state index in [-0.39, 0.29) is 17.8 Å². The van der Waals surface area contributed by atoms with Gasteiger partial charge in [-0.25, -0.2) is 19.3 Å². The molecule has 4 rings (SSSR count). The highest BCUT2D eigenvalue weighted by atomic mass is 35.5. The van der Waals surface area contributed by atoms with Crippen LogP contribution in [0.3, 0.4) is 0 Å². The van der Waals surface area contributed by atoms with Gasteiger partial charge in [0.2, 0.25) is 5.69 Å². The van der Waals surface area contributed by atoms with Crippen molar-refractivity contribution in [2.75, 3.05) is 6.54 Å². The quantitative estimate of drug-likeness (QED) is 0.294. The third-order valence-electron chi connectivity index (χ3n) is 4.50. The molecule has 0 bridgehead atoms. The molecule has 0 aliphatic carbocycles. The van der Waals surface area contributed by atoms with E-state index in [4.69, 9.17) is 11.6 Å². The molecule has 4 aromatic rings. The van der Waals surface area contributed by atoms with E-state index in [2.05, 4.69) is 20.7 Å². The Balaban J connectivity index is 1.53. The van der Waals surface area contributed by atoms with E-state index in [1.54, 1.807) is 23.6 Å². The number of thiazole rings is 1. The molecule has 0 aliphatic heterocycles. The van der Waals surface area contributed by atoms with E-state index in [1.807, 2.05) is 10.1 Å². The van der Waals surface area contributed by atoms with Crippen LogP contribution in [-0.4, -0.2) is 38.5 Å². The Hall–Kier alpha value is -3.68. The van der Waals surface area contributed by atoms with Gasteiger partial charge in [0.1, 0.15) is 16.5 Å². The maximum atomic E-state index is 14.5. The Labute approximate surface area is 202 Å². The number of aromatic nitrogens is 4. The third kappa shape index (κ3) is 5.27. The normalized spacial score (nSPS) is 11.7. The molecule has 0 aliphatic rings. The summed E-state index contributed by atoms with van der Waals surface area (Å²) in [6.07, 6.45) is 0. The highest BCUT2D eigenvalue weighted by Crippen LogP contribution is 2.33. The summed E-state index contributed by atoms with van der Waals surface area (Å²) in [5.41, 5.74) is -2.23. The van der Waals surface area contributed by atoms with Gasteiger partial charge in [0.05, 0.1) is 15.3 Å². The number of carbonyl (C=O) groups is 2. The zero-order valence-corrected chi connectivity index (χ0v) is 19.3. The van der Waals surface area contributed by atoms with Gasteiger partial charge in [-0.05, 0) is 18.2 Å². The van der Waals surface area contributed by atoms with E-state index in [0.717, 1.165) is 4.88 Å². The molecule has 34 heavy (non-hydrogen) atoms. The number of hydrogen-bond donors (Lipinski definition) is 4. The fraction of sp³-hybridized carbons (Fsp3) is 0.100. The molecule has 0 fully saturated rings. The maximum Gasteiger partial charge on any atom is 0.342 e. The fourth-order valence-corrected chi connectivity index (χ4v) is 4.84. The molecule has 174 valence electrons. The number of thiophene rings is 1. The zero-order chi connectivity index (χ0) is 24.2. The maximum absolute atomic E-state index is 14.5. The largest absolute Gasteiger partial charge is 0.348 e. The van der Waals surface area contributed by atoms with Gasteiger partial charge in [-0.1, -0.05) is 29.8 Å². The summed E-state index contributed by atoms with van der Waals surface area (Å²) in [5.74, 6) is -2.11. The summed E-state index contributed by atoms with van der Waals surface area (Å²) in [6.45, 7) is -0.275. The lowest BCUT2D eigenvalue weighted by Crippen LogP contribution is -2.41. The van der Waals surface area contributed by atoms with E-state index in [9.17, 15) is 23.6 Å². The van der Waals surface area contributed by atoms with Crippen molar-refractivity contribution >= 4 is 46.1 Å². The molecule has 0 spiro atoms. The standard InChI is InChI=1S/C20H14ClFN6O4S2/c21-14-6-5-13(34-14)19-25-12(8-33-19)16(29)24-11(9-3-1-2-4-10(9)22)7-23-17(30)15-18(31)26-20(32)28-27-15/h1-6,8,11H,7H2,(H,23,30)(H,24,29)(H2,26,28,31,32). The van der Waals surface area contributed by atoms with Gasteiger partial charge in [-0.3, -0.25) is 19.4 Å². The Morgan fingerprint density at radius 1 is 1.15 bits per heavy atom. The topological polar surface area (TPSA) is 150 Å². The van der Waals surface area contributed by atoms with E-state index in [0.29, 0.717) is 9.34 Å². The predicted molar refractivity (Wildman–Crippen MR) is 125 cm³/mol. The molecule has 10 nitrogen and oxygen atoms in total. The van der Waals surface area contributed by atoms with Crippen molar-refractivity contribution in [1.29, 1.82) is 0 Å². The number of amides is 2. The number of H-pyrrole nitrogens is 2. The molecule has 1 atom stereocenters. The Morgan fingerprint density at radius 3 is 2.65 bits per heavy atom. The molecule has 0 radical (unpaired) electrons. The van der Waals surface area contributed by atoms with Crippen LogP contribution in [0.4, 0.5) is 4.39 Å². The average Bonchev–Trinajstić information content (AvgIpc) is 3.46. The van der Waals surface area contributed by atoms with Crippen LogP contribution in [0.2, 0.25) is 4.34 Å². The first-order valence-corrected chi connectivity index (χ1v) is 11.6. The molecule has 0 saturated carbocycles. The molecular formula is C20H14ClFN6O4S2. The minimum atomic E-state index is -0.999. The summed E-state index contributed by atoms with van der Waals surface area (Å²) < 4.78 is 15.1. The highest BCUT2D eigenvalue weighted by molar-refractivity contribution is 7.23. The minimum Gasteiger partial charge on any atom is -0.348 e. The molecule has 14 heteroatoms. The minimum absolute atomic E-state index is 0.107. The van der Waals surface area contributed by atoms with Crippen molar-refractivity contribution in [3.8, 4) is 9.88 Å². The number of carbonyl (C=O) groups excluding carboxylic acids is 2. The first-order chi connectivity index (χ1) is 16.3. The summed E-state index contributed by atoms with van der Waals surface area (Å²) in [7, 11) is 0. The summed E-state index contributed by atoms with van der Waals surface area (Å²) >= 11 is 8.52. The summed E-state index contributed by atoms with van der Waals surface area (Å²) in [4.78, 5) is 55.1. The second kappa shape index (κ2) is 10.1. The van der Waals surface area contributed by atoms with Crippen LogP contribution in [0.1, 0.15) is 32.6 Å². The van der Waals surface area contributed by atoms with Crippen LogP contribution >= 0.6 is 34.3 Å². The first-order valence-electron chi connectivity index (χ1n) is 9.55. The molecular weight excluding hydrogens is 507 g/mol. The van der Waals surface area contributed by atoms with Gasteiger partial charge in [-0.2, -0.15) is 5.10 Å². The van der Waals surface area contributed by atoms with Crippen LogP contribution in [0.15, 0.2) is 51.4 Å². The van der Waals surface area contributed by atoms with Crippen LogP contribution in [-0.2, 0) is 0 Å². The zero-order valence-electron chi connectivity index (χ0n) is 16.9. The van der Waals surface area contributed by atoms with Crippen molar-refractivity contribution in [3.63, 3.8) is 0 Å². The van der Waals surface area contributed by atoms with Crippen molar-refractivity contribution < 1.29 is 14.0 Å². The van der Waals surface area contributed by atoms with Gasteiger partial charge in [-0.15, -0.1) is 22.7 Å².